The molecule has 0 aliphatic heterocycles. The third kappa shape index (κ3) is 5.81. The molecule has 0 fully saturated rings. The first kappa shape index (κ1) is 25.0. The van der Waals surface area contributed by atoms with Gasteiger partial charge in [-0.15, -0.1) is 10.2 Å². The van der Waals surface area contributed by atoms with Crippen molar-refractivity contribution in [3.8, 4) is 11.4 Å². The fraction of sp³-hybridized carbons (Fsp3) is 0.211. The molecule has 0 spiro atoms. The molecule has 1 atom stereocenters. The van der Waals surface area contributed by atoms with E-state index in [0.29, 0.717) is 22.0 Å². The molecule has 0 aliphatic carbocycles. The van der Waals surface area contributed by atoms with E-state index in [-0.39, 0.29) is 11.6 Å². The number of halogens is 7. The number of tetrazole rings is 1. The summed E-state index contributed by atoms with van der Waals surface area (Å²) in [5, 5.41) is 11.1. The third-order valence-electron chi connectivity index (χ3n) is 4.41. The number of benzene rings is 2. The highest BCUT2D eigenvalue weighted by atomic mass is 35.5. The Morgan fingerprint density at radius 2 is 1.50 bits per heavy atom. The maximum atomic E-state index is 13.1. The van der Waals surface area contributed by atoms with E-state index < -0.39 is 52.7 Å². The smallest absolute Gasteiger partial charge is 0.271 e. The van der Waals surface area contributed by atoms with Gasteiger partial charge in [-0.2, -0.15) is 31.1 Å². The second-order valence-corrected chi connectivity index (χ2v) is 7.29. The first-order valence-corrected chi connectivity index (χ1v) is 9.58. The largest absolute Gasteiger partial charge is 0.416 e. The molecule has 1 aromatic heterocycles. The van der Waals surface area contributed by atoms with Gasteiger partial charge in [0.1, 0.15) is 0 Å². The first-order chi connectivity index (χ1) is 15.8. The molecule has 15 heteroatoms. The summed E-state index contributed by atoms with van der Waals surface area (Å²) in [4.78, 5) is 25.0. The molecule has 2 amide bonds. The molecule has 2 N–H and O–H groups in total. The Bertz CT molecular complexity index is 1180. The topological polar surface area (TPSA) is 102 Å². The van der Waals surface area contributed by atoms with Crippen LogP contribution in [0.5, 0.6) is 0 Å². The van der Waals surface area contributed by atoms with Gasteiger partial charge >= 0.3 is 12.4 Å². The van der Waals surface area contributed by atoms with Crippen molar-refractivity contribution in [2.45, 2.75) is 25.3 Å². The predicted molar refractivity (Wildman–Crippen MR) is 105 cm³/mol. The molecule has 0 bridgehead atoms. The van der Waals surface area contributed by atoms with Crippen LogP contribution in [0.1, 0.15) is 34.5 Å². The maximum Gasteiger partial charge on any atom is 0.416 e. The molecule has 3 rings (SSSR count). The van der Waals surface area contributed by atoms with Gasteiger partial charge in [0, 0.05) is 16.1 Å². The lowest BCUT2D eigenvalue weighted by Gasteiger charge is -2.13. The fourth-order valence-corrected chi connectivity index (χ4v) is 2.72. The lowest BCUT2D eigenvalue weighted by atomic mass is 10.0. The van der Waals surface area contributed by atoms with Crippen molar-refractivity contribution in [3.63, 3.8) is 0 Å². The van der Waals surface area contributed by atoms with E-state index in [4.69, 9.17) is 11.6 Å². The molecule has 180 valence electrons. The number of nitrogens with one attached hydrogen (secondary N) is 2. The van der Waals surface area contributed by atoms with Crippen LogP contribution in [-0.2, 0) is 17.1 Å². The Kier molecular flexibility index (Phi) is 6.82. The van der Waals surface area contributed by atoms with Crippen LogP contribution < -0.4 is 10.9 Å². The average molecular weight is 507 g/mol. The van der Waals surface area contributed by atoms with Gasteiger partial charge in [0.05, 0.1) is 11.1 Å². The number of rotatable bonds is 4. The molecular formula is C19H13ClF6N6O2. The zero-order valence-electron chi connectivity index (χ0n) is 16.9. The molecular weight excluding hydrogens is 494 g/mol. The molecule has 0 aliphatic rings. The van der Waals surface area contributed by atoms with E-state index in [1.807, 2.05) is 0 Å². The second-order valence-electron chi connectivity index (χ2n) is 6.85. The number of carbonyl (C=O) groups excluding carboxylic acids is 2. The molecule has 1 unspecified atom stereocenters. The van der Waals surface area contributed by atoms with Gasteiger partial charge in [0.15, 0.2) is 6.04 Å². The molecule has 0 saturated carbocycles. The van der Waals surface area contributed by atoms with Crippen LogP contribution in [0.15, 0.2) is 42.5 Å². The average Bonchev–Trinajstić information content (AvgIpc) is 3.26. The molecule has 2 aromatic carbocycles. The minimum absolute atomic E-state index is 0.0344. The van der Waals surface area contributed by atoms with Crippen LogP contribution in [0.3, 0.4) is 0 Å². The quantitative estimate of drug-likeness (QED) is 0.410. The molecule has 1 heterocycles. The van der Waals surface area contributed by atoms with Gasteiger partial charge in [-0.1, -0.05) is 11.6 Å². The number of nitrogens with zero attached hydrogens (tertiary/aromatic N) is 4. The van der Waals surface area contributed by atoms with Crippen molar-refractivity contribution >= 4 is 23.4 Å². The maximum absolute atomic E-state index is 13.1. The molecule has 8 nitrogen and oxygen atoms in total. The van der Waals surface area contributed by atoms with Crippen LogP contribution in [-0.4, -0.2) is 32.0 Å². The van der Waals surface area contributed by atoms with Crippen LogP contribution in [0.2, 0.25) is 5.02 Å². The minimum atomic E-state index is -5.05. The number of hydrazine groups is 1. The van der Waals surface area contributed by atoms with E-state index in [9.17, 15) is 35.9 Å². The van der Waals surface area contributed by atoms with Gasteiger partial charge in [0.25, 0.3) is 11.8 Å². The summed E-state index contributed by atoms with van der Waals surface area (Å²) >= 11 is 5.73. The van der Waals surface area contributed by atoms with Crippen LogP contribution >= 0.6 is 11.6 Å². The number of carbonyl (C=O) groups is 2. The van der Waals surface area contributed by atoms with Gasteiger partial charge < -0.3 is 0 Å². The predicted octanol–water partition coefficient (Wildman–Crippen LogP) is 4.05. The van der Waals surface area contributed by atoms with Crippen LogP contribution in [0.25, 0.3) is 11.4 Å². The summed E-state index contributed by atoms with van der Waals surface area (Å²) in [6.45, 7) is 1.27. The van der Waals surface area contributed by atoms with Crippen LogP contribution in [0, 0.1) is 0 Å². The Morgan fingerprint density at radius 3 is 2.03 bits per heavy atom. The van der Waals surface area contributed by atoms with E-state index in [0.717, 1.165) is 0 Å². The minimum Gasteiger partial charge on any atom is -0.271 e. The second kappa shape index (κ2) is 9.29. The summed E-state index contributed by atoms with van der Waals surface area (Å²) in [5.74, 6) is -2.08. The Hall–Kier alpha value is -3.68. The lowest BCUT2D eigenvalue weighted by Crippen LogP contribution is -2.44. The van der Waals surface area contributed by atoms with Crippen LogP contribution in [0.4, 0.5) is 26.3 Å². The van der Waals surface area contributed by atoms with Gasteiger partial charge in [0.2, 0.25) is 5.82 Å². The molecule has 3 aromatic rings. The highest BCUT2D eigenvalue weighted by Gasteiger charge is 2.37. The summed E-state index contributed by atoms with van der Waals surface area (Å²) in [5.41, 5.74) is 0.719. The Labute approximate surface area is 191 Å². The number of amides is 2. The number of aromatic nitrogens is 4. The number of hydrogen-bond donors (Lipinski definition) is 2. The number of hydrogen-bond acceptors (Lipinski definition) is 5. The fourth-order valence-electron chi connectivity index (χ4n) is 2.59. The first-order valence-electron chi connectivity index (χ1n) is 9.21. The van der Waals surface area contributed by atoms with E-state index in [1.165, 1.54) is 31.2 Å². The monoisotopic (exact) mass is 506 g/mol. The molecule has 34 heavy (non-hydrogen) atoms. The van der Waals surface area contributed by atoms with Gasteiger partial charge in [-0.3, -0.25) is 20.4 Å². The van der Waals surface area contributed by atoms with Gasteiger partial charge in [-0.25, -0.2) is 0 Å². The zero-order chi connectivity index (χ0) is 25.3. The highest BCUT2D eigenvalue weighted by Crippen LogP contribution is 2.38. The standard InChI is InChI=1S/C19H13ClF6N6O2/c1-9(16(33)28-29-17(34)10-2-4-14(20)5-3-10)32-30-15(27-31-32)11-6-12(18(21,22)23)8-13(7-11)19(24,25)26/h2-9H,1H3,(H,28,33)(H,29,34). The van der Waals surface area contributed by atoms with E-state index in [2.05, 4.69) is 26.3 Å². The Balaban J connectivity index is 1.77. The molecule has 0 radical (unpaired) electrons. The van der Waals surface area contributed by atoms with Crippen molar-refractivity contribution < 1.29 is 35.9 Å². The summed E-state index contributed by atoms with van der Waals surface area (Å²) in [6, 6.07) is 5.33. The van der Waals surface area contributed by atoms with Gasteiger partial charge in [-0.05, 0) is 54.6 Å². The summed E-state index contributed by atoms with van der Waals surface area (Å²) in [6.07, 6.45) is -10.1. The molecule has 0 saturated heterocycles. The van der Waals surface area contributed by atoms with Crippen molar-refractivity contribution in [2.75, 3.05) is 0 Å². The highest BCUT2D eigenvalue weighted by molar-refractivity contribution is 6.30. The summed E-state index contributed by atoms with van der Waals surface area (Å²) in [7, 11) is 0. The lowest BCUT2D eigenvalue weighted by molar-refractivity contribution is -0.143. The van der Waals surface area contributed by atoms with E-state index in [1.54, 1.807) is 0 Å². The summed E-state index contributed by atoms with van der Waals surface area (Å²) < 4.78 is 78.4. The van der Waals surface area contributed by atoms with Crippen molar-refractivity contribution in [2.24, 2.45) is 0 Å². The van der Waals surface area contributed by atoms with Crippen molar-refractivity contribution in [1.82, 2.24) is 31.1 Å². The zero-order valence-corrected chi connectivity index (χ0v) is 17.6. The SMILES string of the molecule is CC(C(=O)NNC(=O)c1ccc(Cl)cc1)n1nnc(-c2cc(C(F)(F)F)cc(C(F)(F)F)c2)n1. The number of alkyl halides is 6. The van der Waals surface area contributed by atoms with Crippen molar-refractivity contribution in [3.05, 3.63) is 64.2 Å². The van der Waals surface area contributed by atoms with Crippen molar-refractivity contribution in [1.29, 1.82) is 0 Å². The van der Waals surface area contributed by atoms with E-state index >= 15 is 0 Å². The Morgan fingerprint density at radius 1 is 0.941 bits per heavy atom. The normalized spacial score (nSPS) is 12.8. The third-order valence-corrected chi connectivity index (χ3v) is 4.66.